The summed E-state index contributed by atoms with van der Waals surface area (Å²) in [5.41, 5.74) is 5.28. The van der Waals surface area contributed by atoms with Gasteiger partial charge in [0.15, 0.2) is 0 Å². The Hall–Kier alpha value is -2.68. The van der Waals surface area contributed by atoms with Gasteiger partial charge in [-0.25, -0.2) is 0 Å². The smallest absolute Gasteiger partial charge is 0.107 e. The molecule has 4 aromatic rings. The van der Waals surface area contributed by atoms with Gasteiger partial charge >= 0.3 is 0 Å². The molecule has 0 spiro atoms. The molecule has 1 aromatic carbocycles. The minimum atomic E-state index is 0.349. The first-order valence-corrected chi connectivity index (χ1v) is 12.0. The number of aryl methyl sites for hydroxylation is 4. The van der Waals surface area contributed by atoms with Gasteiger partial charge in [-0.2, -0.15) is 0 Å². The molecule has 2 unspecified atom stereocenters. The third kappa shape index (κ3) is 4.57. The Bertz CT molecular complexity index is 1180. The highest BCUT2D eigenvalue weighted by Crippen LogP contribution is 2.30. The Labute approximate surface area is 192 Å². The van der Waals surface area contributed by atoms with Crippen LogP contribution in [0.5, 0.6) is 0 Å². The van der Waals surface area contributed by atoms with Crippen molar-refractivity contribution in [2.45, 2.75) is 78.6 Å². The summed E-state index contributed by atoms with van der Waals surface area (Å²) in [5, 5.41) is 1.33. The van der Waals surface area contributed by atoms with Gasteiger partial charge in [-0.15, -0.1) is 0 Å². The van der Waals surface area contributed by atoms with Crippen LogP contribution in [0, 0.1) is 13.8 Å². The summed E-state index contributed by atoms with van der Waals surface area (Å²) in [6, 6.07) is 15.7. The molecule has 0 bridgehead atoms. The Morgan fingerprint density at radius 1 is 0.844 bits per heavy atom. The van der Waals surface area contributed by atoms with Crippen molar-refractivity contribution in [1.29, 1.82) is 0 Å². The molecule has 0 N–H and O–H groups in total. The number of furan rings is 2. The minimum Gasteiger partial charge on any atom is -0.466 e. The molecule has 3 heterocycles. The maximum absolute atomic E-state index is 6.24. The Balaban J connectivity index is 1.39. The third-order valence-corrected chi connectivity index (χ3v) is 6.94. The van der Waals surface area contributed by atoms with Crippen molar-refractivity contribution >= 4 is 10.9 Å². The predicted octanol–water partition coefficient (Wildman–Crippen LogP) is 8.19. The van der Waals surface area contributed by atoms with Crippen molar-refractivity contribution in [3.05, 3.63) is 82.3 Å². The zero-order chi connectivity index (χ0) is 23.0. The molecule has 0 aliphatic heterocycles. The summed E-state index contributed by atoms with van der Waals surface area (Å²) in [6.07, 6.45) is 2.94. The Kier molecular flexibility index (Phi) is 6.37. The van der Waals surface area contributed by atoms with Crippen LogP contribution >= 0.6 is 0 Å². The van der Waals surface area contributed by atoms with Gasteiger partial charge in [0.2, 0.25) is 0 Å². The fourth-order valence-corrected chi connectivity index (χ4v) is 4.69. The summed E-state index contributed by atoms with van der Waals surface area (Å²) in [7, 11) is 2.17. The largest absolute Gasteiger partial charge is 0.466 e. The molecular formula is C29H37NO2. The molecule has 0 fully saturated rings. The molecule has 4 rings (SSSR count). The molecule has 3 heteroatoms. The van der Waals surface area contributed by atoms with Crippen molar-refractivity contribution in [3.63, 3.8) is 0 Å². The summed E-state index contributed by atoms with van der Waals surface area (Å²) in [6.45, 7) is 13.1. The van der Waals surface area contributed by atoms with Crippen molar-refractivity contribution in [1.82, 2.24) is 4.57 Å². The first-order chi connectivity index (χ1) is 15.2. The van der Waals surface area contributed by atoms with Crippen LogP contribution in [-0.4, -0.2) is 4.57 Å². The molecule has 0 saturated carbocycles. The topological polar surface area (TPSA) is 31.2 Å². The molecule has 0 aliphatic carbocycles. The summed E-state index contributed by atoms with van der Waals surface area (Å²) < 4.78 is 14.5. The third-order valence-electron chi connectivity index (χ3n) is 6.94. The fourth-order valence-electron chi connectivity index (χ4n) is 4.69. The van der Waals surface area contributed by atoms with Crippen molar-refractivity contribution in [2.75, 3.05) is 0 Å². The zero-order valence-corrected chi connectivity index (χ0v) is 20.7. The van der Waals surface area contributed by atoms with E-state index in [1.54, 1.807) is 0 Å². The summed E-state index contributed by atoms with van der Waals surface area (Å²) in [5.74, 6) is 5.52. The number of rotatable bonds is 8. The van der Waals surface area contributed by atoms with E-state index in [4.69, 9.17) is 8.83 Å². The highest BCUT2D eigenvalue weighted by Gasteiger charge is 2.16. The lowest BCUT2D eigenvalue weighted by molar-refractivity contribution is 0.410. The number of hydrogen-bond acceptors (Lipinski definition) is 2. The highest BCUT2D eigenvalue weighted by atomic mass is 16.3. The highest BCUT2D eigenvalue weighted by molar-refractivity contribution is 5.82. The van der Waals surface area contributed by atoms with Crippen LogP contribution < -0.4 is 0 Å². The van der Waals surface area contributed by atoms with Crippen LogP contribution in [0.1, 0.15) is 91.7 Å². The van der Waals surface area contributed by atoms with Crippen LogP contribution in [0.2, 0.25) is 0 Å². The number of fused-ring (bicyclic) bond motifs is 1. The first kappa shape index (κ1) is 22.5. The van der Waals surface area contributed by atoms with Crippen molar-refractivity contribution in [3.8, 4) is 0 Å². The molecule has 0 aliphatic rings. The number of hydrogen-bond donors (Lipinski definition) is 0. The van der Waals surface area contributed by atoms with E-state index in [1.807, 2.05) is 6.92 Å². The van der Waals surface area contributed by atoms with Gasteiger partial charge in [0, 0.05) is 41.9 Å². The van der Waals surface area contributed by atoms with E-state index in [0.29, 0.717) is 17.8 Å². The number of benzene rings is 1. The second-order valence-corrected chi connectivity index (χ2v) is 9.91. The maximum Gasteiger partial charge on any atom is 0.107 e. The standard InChI is InChI=1S/C29H37NO2/c1-18(2)27-17-24-16-23(9-12-26(24)30(27)7)14-21(5)28-13-11-25(32-28)10-8-19(3)29-15-20(4)22(6)31-29/h9,11-13,15-19,21H,8,10,14H2,1-7H3. The lowest BCUT2D eigenvalue weighted by Gasteiger charge is -2.10. The second kappa shape index (κ2) is 9.05. The van der Waals surface area contributed by atoms with Crippen LogP contribution in [0.15, 0.2) is 51.3 Å². The molecule has 0 saturated heterocycles. The minimum absolute atomic E-state index is 0.349. The number of aromatic nitrogens is 1. The molecule has 0 amide bonds. The van der Waals surface area contributed by atoms with Gasteiger partial charge in [0.25, 0.3) is 0 Å². The average molecular weight is 432 g/mol. The molecule has 32 heavy (non-hydrogen) atoms. The summed E-state index contributed by atoms with van der Waals surface area (Å²) in [4.78, 5) is 0. The molecule has 170 valence electrons. The molecule has 3 aromatic heterocycles. The van der Waals surface area contributed by atoms with Crippen molar-refractivity contribution in [2.24, 2.45) is 7.05 Å². The van der Waals surface area contributed by atoms with Gasteiger partial charge in [0.1, 0.15) is 23.0 Å². The van der Waals surface area contributed by atoms with E-state index >= 15 is 0 Å². The molecule has 0 radical (unpaired) electrons. The maximum atomic E-state index is 6.24. The van der Waals surface area contributed by atoms with Gasteiger partial charge in [-0.1, -0.05) is 33.8 Å². The normalized spacial score (nSPS) is 13.9. The van der Waals surface area contributed by atoms with E-state index in [-0.39, 0.29) is 0 Å². The molecule has 2 atom stereocenters. The monoisotopic (exact) mass is 431 g/mol. The van der Waals surface area contributed by atoms with Crippen LogP contribution in [0.3, 0.4) is 0 Å². The van der Waals surface area contributed by atoms with E-state index in [9.17, 15) is 0 Å². The second-order valence-electron chi connectivity index (χ2n) is 9.91. The predicted molar refractivity (Wildman–Crippen MR) is 133 cm³/mol. The lowest BCUT2D eigenvalue weighted by atomic mass is 9.98. The van der Waals surface area contributed by atoms with Gasteiger partial charge < -0.3 is 13.4 Å². The Morgan fingerprint density at radius 3 is 2.31 bits per heavy atom. The van der Waals surface area contributed by atoms with E-state index in [0.717, 1.165) is 42.3 Å². The van der Waals surface area contributed by atoms with Crippen LogP contribution in [0.25, 0.3) is 10.9 Å². The molecular weight excluding hydrogens is 394 g/mol. The quantitative estimate of drug-likeness (QED) is 0.281. The van der Waals surface area contributed by atoms with Gasteiger partial charge in [-0.05, 0) is 80.1 Å². The first-order valence-electron chi connectivity index (χ1n) is 12.0. The van der Waals surface area contributed by atoms with Crippen LogP contribution in [-0.2, 0) is 19.9 Å². The summed E-state index contributed by atoms with van der Waals surface area (Å²) >= 11 is 0. The van der Waals surface area contributed by atoms with Crippen LogP contribution in [0.4, 0.5) is 0 Å². The van der Waals surface area contributed by atoms with E-state index in [1.165, 1.54) is 27.7 Å². The van der Waals surface area contributed by atoms with E-state index < -0.39 is 0 Å². The van der Waals surface area contributed by atoms with E-state index in [2.05, 4.69) is 88.7 Å². The fraction of sp³-hybridized carbons (Fsp3) is 0.448. The average Bonchev–Trinajstić information content (AvgIpc) is 3.44. The number of nitrogens with zero attached hydrogens (tertiary/aromatic N) is 1. The zero-order valence-electron chi connectivity index (χ0n) is 20.7. The van der Waals surface area contributed by atoms with Gasteiger partial charge in [-0.3, -0.25) is 0 Å². The van der Waals surface area contributed by atoms with Gasteiger partial charge in [0.05, 0.1) is 0 Å². The lowest BCUT2D eigenvalue weighted by Crippen LogP contribution is -1.98. The van der Waals surface area contributed by atoms with Crippen molar-refractivity contribution < 1.29 is 8.83 Å². The molecule has 3 nitrogen and oxygen atoms in total. The SMILES string of the molecule is Cc1cc(C(C)CCc2ccc(C(C)Cc3ccc4c(c3)cc(C(C)C)n4C)o2)oc1C. The Morgan fingerprint density at radius 2 is 1.62 bits per heavy atom.